The Morgan fingerprint density at radius 3 is 2.87 bits per heavy atom. The van der Waals surface area contributed by atoms with Crippen LogP contribution in [0.25, 0.3) is 0 Å². The van der Waals surface area contributed by atoms with Crippen LogP contribution in [0.5, 0.6) is 0 Å². The van der Waals surface area contributed by atoms with E-state index in [2.05, 4.69) is 10.3 Å². The molecule has 1 saturated heterocycles. The van der Waals surface area contributed by atoms with E-state index in [1.165, 1.54) is 0 Å². The second-order valence-electron chi connectivity index (χ2n) is 6.40. The number of nitrogens with zero attached hydrogens (tertiary/aromatic N) is 2. The Bertz CT molecular complexity index is 568. The van der Waals surface area contributed by atoms with Crippen molar-refractivity contribution in [2.24, 2.45) is 5.41 Å². The number of aromatic nitrogens is 1. The van der Waals surface area contributed by atoms with Crippen LogP contribution < -0.4 is 5.32 Å². The van der Waals surface area contributed by atoms with Crippen LogP contribution in [0.15, 0.2) is 18.3 Å². The average Bonchev–Trinajstić information content (AvgIpc) is 2.61. The van der Waals surface area contributed by atoms with E-state index in [-0.39, 0.29) is 23.5 Å². The first kappa shape index (κ1) is 16.2. The smallest absolute Gasteiger partial charge is 0.254 e. The molecule has 0 radical (unpaired) electrons. The summed E-state index contributed by atoms with van der Waals surface area (Å²) in [7, 11) is 1.78. The molecule has 1 aliphatic heterocycles. The molecule has 126 valence electrons. The zero-order valence-corrected chi connectivity index (χ0v) is 13.8. The first-order valence-corrected chi connectivity index (χ1v) is 8.33. The van der Waals surface area contributed by atoms with E-state index >= 15 is 0 Å². The first-order chi connectivity index (χ1) is 11.1. The Hall–Kier alpha value is -1.66. The van der Waals surface area contributed by atoms with E-state index in [1.54, 1.807) is 25.4 Å². The predicted molar refractivity (Wildman–Crippen MR) is 87.4 cm³/mol. The second kappa shape index (κ2) is 6.45. The summed E-state index contributed by atoms with van der Waals surface area (Å²) < 4.78 is 5.77. The Kier molecular flexibility index (Phi) is 4.55. The molecule has 0 bridgehead atoms. The largest absolute Gasteiger partial charge is 0.392 e. The van der Waals surface area contributed by atoms with Gasteiger partial charge in [-0.2, -0.15) is 0 Å². The molecule has 0 aromatic carbocycles. The quantitative estimate of drug-likeness (QED) is 0.880. The number of nitrogens with one attached hydrogen (secondary N) is 1. The Labute approximate surface area is 136 Å². The van der Waals surface area contributed by atoms with Crippen molar-refractivity contribution in [1.82, 2.24) is 9.88 Å². The van der Waals surface area contributed by atoms with Crippen LogP contribution in [0, 0.1) is 5.41 Å². The fourth-order valence-corrected chi connectivity index (χ4v) is 3.83. The highest BCUT2D eigenvalue weighted by atomic mass is 16.5. The lowest BCUT2D eigenvalue weighted by atomic mass is 9.58. The number of aliphatic hydroxyl groups is 1. The lowest BCUT2D eigenvalue weighted by Crippen LogP contribution is -2.62. The van der Waals surface area contributed by atoms with Gasteiger partial charge in [0.25, 0.3) is 5.91 Å². The Morgan fingerprint density at radius 2 is 2.26 bits per heavy atom. The van der Waals surface area contributed by atoms with Gasteiger partial charge in [-0.15, -0.1) is 0 Å². The van der Waals surface area contributed by atoms with Crippen molar-refractivity contribution in [3.8, 4) is 0 Å². The van der Waals surface area contributed by atoms with Gasteiger partial charge in [-0.3, -0.25) is 4.79 Å². The summed E-state index contributed by atoms with van der Waals surface area (Å²) in [6, 6.07) is 3.52. The zero-order chi connectivity index (χ0) is 16.4. The molecule has 1 amide bonds. The molecule has 2 atom stereocenters. The minimum absolute atomic E-state index is 0.0283. The van der Waals surface area contributed by atoms with Crippen molar-refractivity contribution in [2.75, 3.05) is 32.1 Å². The average molecular weight is 319 g/mol. The lowest BCUT2D eigenvalue weighted by molar-refractivity contribution is -0.207. The van der Waals surface area contributed by atoms with Crippen LogP contribution in [0.3, 0.4) is 0 Å². The normalized spacial score (nSPS) is 26.0. The summed E-state index contributed by atoms with van der Waals surface area (Å²) in [5.41, 5.74) is 0.497. The highest BCUT2D eigenvalue weighted by Gasteiger charge is 2.56. The van der Waals surface area contributed by atoms with Crippen molar-refractivity contribution in [3.05, 3.63) is 23.9 Å². The number of piperidine rings is 1. The maximum absolute atomic E-state index is 12.7. The van der Waals surface area contributed by atoms with E-state index in [0.29, 0.717) is 31.1 Å². The van der Waals surface area contributed by atoms with Gasteiger partial charge in [0, 0.05) is 50.3 Å². The molecule has 2 N–H and O–H groups in total. The standard InChI is InChI=1S/C17H25N3O3/c1-3-23-14-11-13(21)17(14)5-8-20(9-6-17)16(22)12-4-7-19-15(10-12)18-2/h4,7,10,13-14,21H,3,5-6,8-9,11H2,1-2H3,(H,18,19)/t13-,14+/m1/s1. The molecule has 6 nitrogen and oxygen atoms in total. The lowest BCUT2D eigenvalue weighted by Gasteiger charge is -2.56. The molecule has 1 aromatic heterocycles. The van der Waals surface area contributed by atoms with E-state index < -0.39 is 0 Å². The molecule has 1 saturated carbocycles. The monoisotopic (exact) mass is 319 g/mol. The molecule has 3 rings (SSSR count). The molecule has 1 aliphatic carbocycles. The van der Waals surface area contributed by atoms with E-state index in [4.69, 9.17) is 4.74 Å². The van der Waals surface area contributed by atoms with Crippen molar-refractivity contribution in [2.45, 2.75) is 38.4 Å². The van der Waals surface area contributed by atoms with Gasteiger partial charge >= 0.3 is 0 Å². The minimum Gasteiger partial charge on any atom is -0.392 e. The molecule has 2 fully saturated rings. The molecule has 2 aliphatic rings. The summed E-state index contributed by atoms with van der Waals surface area (Å²) in [6.07, 6.45) is 3.80. The number of pyridine rings is 1. The molecule has 0 unspecified atom stereocenters. The van der Waals surface area contributed by atoms with Gasteiger partial charge in [0.2, 0.25) is 0 Å². The maximum Gasteiger partial charge on any atom is 0.254 e. The van der Waals surface area contributed by atoms with Crippen LogP contribution in [-0.4, -0.2) is 59.8 Å². The number of aliphatic hydroxyl groups excluding tert-OH is 1. The zero-order valence-electron chi connectivity index (χ0n) is 13.8. The fourth-order valence-electron chi connectivity index (χ4n) is 3.83. The number of anilines is 1. The minimum atomic E-state index is -0.298. The van der Waals surface area contributed by atoms with Crippen LogP contribution >= 0.6 is 0 Å². The third kappa shape index (κ3) is 2.81. The number of carbonyl (C=O) groups excluding carboxylic acids is 1. The van der Waals surface area contributed by atoms with Crippen molar-refractivity contribution in [3.63, 3.8) is 0 Å². The molecular weight excluding hydrogens is 294 g/mol. The summed E-state index contributed by atoms with van der Waals surface area (Å²) >= 11 is 0. The van der Waals surface area contributed by atoms with Crippen LogP contribution in [-0.2, 0) is 4.74 Å². The van der Waals surface area contributed by atoms with Crippen LogP contribution in [0.1, 0.15) is 36.5 Å². The van der Waals surface area contributed by atoms with Gasteiger partial charge in [0.05, 0.1) is 12.2 Å². The second-order valence-corrected chi connectivity index (χ2v) is 6.40. The van der Waals surface area contributed by atoms with Gasteiger partial charge in [-0.1, -0.05) is 0 Å². The van der Waals surface area contributed by atoms with Crippen molar-refractivity contribution in [1.29, 1.82) is 0 Å². The van der Waals surface area contributed by atoms with Crippen LogP contribution in [0.2, 0.25) is 0 Å². The summed E-state index contributed by atoms with van der Waals surface area (Å²) in [5.74, 6) is 0.718. The van der Waals surface area contributed by atoms with Crippen LogP contribution in [0.4, 0.5) is 5.82 Å². The Balaban J connectivity index is 1.65. The number of hydrogen-bond acceptors (Lipinski definition) is 5. The number of hydrogen-bond donors (Lipinski definition) is 2. The van der Waals surface area contributed by atoms with E-state index in [9.17, 15) is 9.90 Å². The fraction of sp³-hybridized carbons (Fsp3) is 0.647. The van der Waals surface area contributed by atoms with Gasteiger partial charge in [0.15, 0.2) is 0 Å². The molecule has 6 heteroatoms. The molecule has 2 heterocycles. The highest BCUT2D eigenvalue weighted by Crippen LogP contribution is 2.51. The van der Waals surface area contributed by atoms with Gasteiger partial charge in [0.1, 0.15) is 5.82 Å². The SMILES string of the molecule is CCO[C@H]1C[C@@H](O)C12CCN(C(=O)c1ccnc(NC)c1)CC2. The summed E-state index contributed by atoms with van der Waals surface area (Å²) in [5, 5.41) is 13.2. The van der Waals surface area contributed by atoms with Gasteiger partial charge in [-0.25, -0.2) is 4.98 Å². The highest BCUT2D eigenvalue weighted by molar-refractivity contribution is 5.94. The number of carbonyl (C=O) groups is 1. The third-order valence-electron chi connectivity index (χ3n) is 5.35. The van der Waals surface area contributed by atoms with E-state index in [0.717, 1.165) is 19.3 Å². The first-order valence-electron chi connectivity index (χ1n) is 8.33. The van der Waals surface area contributed by atoms with Crippen molar-refractivity contribution < 1.29 is 14.6 Å². The maximum atomic E-state index is 12.7. The molecule has 1 spiro atoms. The predicted octanol–water partition coefficient (Wildman–Crippen LogP) is 1.52. The number of rotatable bonds is 4. The Morgan fingerprint density at radius 1 is 1.52 bits per heavy atom. The molecular formula is C17H25N3O3. The number of likely N-dealkylation sites (tertiary alicyclic amines) is 1. The molecule has 1 aromatic rings. The number of ether oxygens (including phenoxy) is 1. The van der Waals surface area contributed by atoms with Gasteiger partial charge in [-0.05, 0) is 31.9 Å². The number of amides is 1. The molecule has 23 heavy (non-hydrogen) atoms. The topological polar surface area (TPSA) is 74.7 Å². The van der Waals surface area contributed by atoms with E-state index in [1.807, 2.05) is 11.8 Å². The summed E-state index contributed by atoms with van der Waals surface area (Å²) in [4.78, 5) is 18.7. The third-order valence-corrected chi connectivity index (χ3v) is 5.35. The van der Waals surface area contributed by atoms with Gasteiger partial charge < -0.3 is 20.1 Å². The summed E-state index contributed by atoms with van der Waals surface area (Å²) in [6.45, 7) is 3.98. The van der Waals surface area contributed by atoms with Crippen molar-refractivity contribution >= 4 is 11.7 Å².